The summed E-state index contributed by atoms with van der Waals surface area (Å²) in [5.74, 6) is 3.09. The molecule has 0 aromatic heterocycles. The fourth-order valence-corrected chi connectivity index (χ4v) is 3.72. The first-order chi connectivity index (χ1) is 15.0. The number of rotatable bonds is 8. The Kier molecular flexibility index (Phi) is 8.74. The number of para-hydroxylation sites is 1. The zero-order chi connectivity index (χ0) is 22.1. The molecule has 1 aliphatic rings. The van der Waals surface area contributed by atoms with E-state index < -0.39 is 0 Å². The first kappa shape index (κ1) is 23.1. The van der Waals surface area contributed by atoms with Gasteiger partial charge >= 0.3 is 0 Å². The Morgan fingerprint density at radius 1 is 1.06 bits per heavy atom. The van der Waals surface area contributed by atoms with Crippen molar-refractivity contribution in [1.82, 2.24) is 20.4 Å². The van der Waals surface area contributed by atoms with Crippen molar-refractivity contribution in [2.24, 2.45) is 10.9 Å². The van der Waals surface area contributed by atoms with Crippen molar-refractivity contribution in [2.75, 3.05) is 53.4 Å². The minimum Gasteiger partial charge on any atom is -0.457 e. The number of aryl methyl sites for hydroxylation is 1. The van der Waals surface area contributed by atoms with Crippen LogP contribution in [0, 0.1) is 12.8 Å². The Balaban J connectivity index is 1.50. The number of nitrogens with zero attached hydrogens (tertiary/aromatic N) is 3. The molecule has 6 heteroatoms. The number of guanidine groups is 1. The summed E-state index contributed by atoms with van der Waals surface area (Å²) < 4.78 is 6.14. The molecule has 6 nitrogen and oxygen atoms in total. The molecule has 3 rings (SSSR count). The summed E-state index contributed by atoms with van der Waals surface area (Å²) in [5, 5.41) is 6.91. The number of aliphatic imine (C=N–C) groups is 1. The van der Waals surface area contributed by atoms with E-state index in [2.05, 4.69) is 64.5 Å². The number of ether oxygens (including phenoxy) is 1. The average Bonchev–Trinajstić information content (AvgIpc) is 2.77. The van der Waals surface area contributed by atoms with E-state index in [1.165, 1.54) is 5.56 Å². The van der Waals surface area contributed by atoms with E-state index in [1.54, 1.807) is 0 Å². The van der Waals surface area contributed by atoms with Crippen molar-refractivity contribution >= 4 is 5.96 Å². The molecule has 1 heterocycles. The van der Waals surface area contributed by atoms with Crippen LogP contribution in [0.2, 0.25) is 0 Å². The van der Waals surface area contributed by atoms with Gasteiger partial charge in [-0.2, -0.15) is 0 Å². The molecule has 0 saturated carbocycles. The lowest BCUT2D eigenvalue weighted by Gasteiger charge is -2.34. The molecule has 0 radical (unpaired) electrons. The van der Waals surface area contributed by atoms with Crippen LogP contribution in [0.15, 0.2) is 53.5 Å². The third kappa shape index (κ3) is 7.56. The molecule has 1 atom stereocenters. The van der Waals surface area contributed by atoms with Crippen LogP contribution in [-0.4, -0.2) is 69.1 Å². The van der Waals surface area contributed by atoms with E-state index in [-0.39, 0.29) is 0 Å². The molecule has 1 aliphatic heterocycles. The summed E-state index contributed by atoms with van der Waals surface area (Å²) >= 11 is 0. The van der Waals surface area contributed by atoms with Crippen molar-refractivity contribution < 1.29 is 4.74 Å². The minimum absolute atomic E-state index is 0.554. The van der Waals surface area contributed by atoms with Gasteiger partial charge in [-0.25, -0.2) is 0 Å². The zero-order valence-corrected chi connectivity index (χ0v) is 19.4. The van der Waals surface area contributed by atoms with Gasteiger partial charge in [-0.3, -0.25) is 4.99 Å². The number of nitrogens with one attached hydrogen (secondary N) is 2. The maximum absolute atomic E-state index is 6.14. The van der Waals surface area contributed by atoms with Gasteiger partial charge < -0.3 is 25.2 Å². The normalized spacial score (nSPS) is 16.7. The lowest BCUT2D eigenvalue weighted by Crippen LogP contribution is -2.47. The number of hydrogen-bond acceptors (Lipinski definition) is 4. The molecule has 1 saturated heterocycles. The van der Waals surface area contributed by atoms with E-state index in [0.29, 0.717) is 12.5 Å². The highest BCUT2D eigenvalue weighted by Gasteiger charge is 2.16. The molecule has 1 unspecified atom stereocenters. The second-order valence-corrected chi connectivity index (χ2v) is 8.54. The van der Waals surface area contributed by atoms with Crippen molar-refractivity contribution in [3.05, 3.63) is 59.7 Å². The van der Waals surface area contributed by atoms with E-state index in [1.807, 2.05) is 37.4 Å². The van der Waals surface area contributed by atoms with Crippen molar-refractivity contribution in [3.63, 3.8) is 0 Å². The van der Waals surface area contributed by atoms with Gasteiger partial charge in [-0.05, 0) is 43.7 Å². The molecule has 0 spiro atoms. The Morgan fingerprint density at radius 2 is 1.81 bits per heavy atom. The fourth-order valence-electron chi connectivity index (χ4n) is 3.72. The minimum atomic E-state index is 0.554. The van der Waals surface area contributed by atoms with E-state index in [0.717, 1.165) is 62.3 Å². The largest absolute Gasteiger partial charge is 0.457 e. The average molecular weight is 424 g/mol. The Morgan fingerprint density at radius 3 is 2.52 bits per heavy atom. The summed E-state index contributed by atoms with van der Waals surface area (Å²) in [6.07, 6.45) is 0. The van der Waals surface area contributed by atoms with Gasteiger partial charge in [0, 0.05) is 58.4 Å². The zero-order valence-electron chi connectivity index (χ0n) is 19.4. The summed E-state index contributed by atoms with van der Waals surface area (Å²) in [7, 11) is 4.01. The van der Waals surface area contributed by atoms with Gasteiger partial charge in [0.25, 0.3) is 0 Å². The second kappa shape index (κ2) is 11.7. The Hall–Kier alpha value is -2.57. The molecule has 31 heavy (non-hydrogen) atoms. The molecule has 1 fully saturated rings. The van der Waals surface area contributed by atoms with Crippen molar-refractivity contribution in [1.29, 1.82) is 0 Å². The quantitative estimate of drug-likeness (QED) is 0.504. The highest BCUT2D eigenvalue weighted by atomic mass is 16.5. The van der Waals surface area contributed by atoms with Crippen LogP contribution < -0.4 is 15.4 Å². The van der Waals surface area contributed by atoms with Crippen LogP contribution in [0.3, 0.4) is 0 Å². The maximum Gasteiger partial charge on any atom is 0.191 e. The molecule has 0 bridgehead atoms. The molecule has 2 aromatic rings. The number of piperazine rings is 1. The first-order valence-electron chi connectivity index (χ1n) is 11.2. The monoisotopic (exact) mass is 423 g/mol. The number of benzene rings is 2. The maximum atomic E-state index is 6.14. The fraction of sp³-hybridized carbons (Fsp3) is 0.480. The van der Waals surface area contributed by atoms with Gasteiger partial charge in [-0.1, -0.05) is 37.3 Å². The number of hydrogen-bond donors (Lipinski definition) is 2. The van der Waals surface area contributed by atoms with E-state index >= 15 is 0 Å². The lowest BCUT2D eigenvalue weighted by molar-refractivity contribution is 0.139. The highest BCUT2D eigenvalue weighted by Crippen LogP contribution is 2.26. The van der Waals surface area contributed by atoms with E-state index in [4.69, 9.17) is 4.74 Å². The third-order valence-electron chi connectivity index (χ3n) is 5.65. The molecule has 0 amide bonds. The summed E-state index contributed by atoms with van der Waals surface area (Å²) in [4.78, 5) is 9.35. The molecule has 0 aliphatic carbocycles. The standard InChI is InChI=1S/C25H37N5O/c1-20-10-11-22(24(16-20)31-23-8-6-5-7-9-23)18-28-25(26-3)27-17-21(2)19-30-14-12-29(4)13-15-30/h5-11,16,21H,12-15,17-19H2,1-4H3,(H2,26,27,28). The summed E-state index contributed by atoms with van der Waals surface area (Å²) in [5.41, 5.74) is 2.28. The van der Waals surface area contributed by atoms with Crippen LogP contribution in [-0.2, 0) is 6.54 Å². The van der Waals surface area contributed by atoms with Crippen molar-refractivity contribution in [2.45, 2.75) is 20.4 Å². The topological polar surface area (TPSA) is 52.1 Å². The molecule has 2 aromatic carbocycles. The van der Waals surface area contributed by atoms with Crippen LogP contribution in [0.1, 0.15) is 18.1 Å². The first-order valence-corrected chi connectivity index (χ1v) is 11.2. The van der Waals surface area contributed by atoms with Crippen LogP contribution in [0.25, 0.3) is 0 Å². The molecule has 2 N–H and O–H groups in total. The molecular weight excluding hydrogens is 386 g/mol. The third-order valence-corrected chi connectivity index (χ3v) is 5.65. The van der Waals surface area contributed by atoms with Crippen LogP contribution in [0.5, 0.6) is 11.5 Å². The van der Waals surface area contributed by atoms with Gasteiger partial charge in [-0.15, -0.1) is 0 Å². The second-order valence-electron chi connectivity index (χ2n) is 8.54. The number of likely N-dealkylation sites (N-methyl/N-ethyl adjacent to an activating group) is 1. The van der Waals surface area contributed by atoms with E-state index in [9.17, 15) is 0 Å². The van der Waals surface area contributed by atoms with Gasteiger partial charge in [0.05, 0.1) is 0 Å². The predicted octanol–water partition coefficient (Wildman–Crippen LogP) is 3.34. The lowest BCUT2D eigenvalue weighted by atomic mass is 10.1. The summed E-state index contributed by atoms with van der Waals surface area (Å²) in [6, 6.07) is 16.2. The predicted molar refractivity (Wildman–Crippen MR) is 129 cm³/mol. The summed E-state index contributed by atoms with van der Waals surface area (Å²) in [6.45, 7) is 11.7. The Labute approximate surface area is 187 Å². The SMILES string of the molecule is CN=C(NCc1ccc(C)cc1Oc1ccccc1)NCC(C)CN1CCN(C)CC1. The van der Waals surface area contributed by atoms with Crippen molar-refractivity contribution in [3.8, 4) is 11.5 Å². The van der Waals surface area contributed by atoms with Gasteiger partial charge in [0.1, 0.15) is 11.5 Å². The van der Waals surface area contributed by atoms with Gasteiger partial charge in [0.2, 0.25) is 0 Å². The van der Waals surface area contributed by atoms with Crippen LogP contribution >= 0.6 is 0 Å². The molecular formula is C25H37N5O. The smallest absolute Gasteiger partial charge is 0.191 e. The molecule has 168 valence electrons. The van der Waals surface area contributed by atoms with Gasteiger partial charge in [0.15, 0.2) is 5.96 Å². The Bertz CT molecular complexity index is 831. The van der Waals surface area contributed by atoms with Crippen LogP contribution in [0.4, 0.5) is 0 Å². The highest BCUT2D eigenvalue weighted by molar-refractivity contribution is 5.79.